The highest BCUT2D eigenvalue weighted by Crippen LogP contribution is 2.46. The van der Waals surface area contributed by atoms with Crippen molar-refractivity contribution in [3.8, 4) is 22.8 Å². The van der Waals surface area contributed by atoms with Crippen LogP contribution in [0.25, 0.3) is 28.2 Å². The van der Waals surface area contributed by atoms with E-state index in [9.17, 15) is 27.6 Å². The summed E-state index contributed by atoms with van der Waals surface area (Å²) in [6.07, 6.45) is 13.0. The monoisotopic (exact) mass is 825 g/mol. The Hall–Kier alpha value is -5.44. The molecule has 312 valence electrons. The lowest BCUT2D eigenvalue weighted by atomic mass is 10.0. The van der Waals surface area contributed by atoms with Crippen molar-refractivity contribution in [1.29, 1.82) is 0 Å². The number of hydrogen-bond acceptors (Lipinski definition) is 10. The third kappa shape index (κ3) is 8.94. The first-order chi connectivity index (χ1) is 28.5. The number of fused-ring (bicyclic) bond motifs is 4. The summed E-state index contributed by atoms with van der Waals surface area (Å²) in [6, 6.07) is 13.3. The van der Waals surface area contributed by atoms with Gasteiger partial charge in [0, 0.05) is 41.0 Å². The summed E-state index contributed by atoms with van der Waals surface area (Å²) >= 11 is 0. The van der Waals surface area contributed by atoms with Gasteiger partial charge in [-0.25, -0.2) is 18.2 Å². The van der Waals surface area contributed by atoms with E-state index in [-0.39, 0.29) is 26.0 Å². The molecule has 2 aromatic carbocycles. The summed E-state index contributed by atoms with van der Waals surface area (Å²) in [4.78, 5) is 62.7. The molecule has 5 bridgehead atoms. The number of cyclic esters (lactones) is 1. The molecule has 1 aromatic heterocycles. The van der Waals surface area contributed by atoms with Crippen molar-refractivity contribution in [2.75, 3.05) is 20.3 Å². The predicted octanol–water partition coefficient (Wildman–Crippen LogP) is 5.55. The van der Waals surface area contributed by atoms with Gasteiger partial charge in [0.1, 0.15) is 35.2 Å². The van der Waals surface area contributed by atoms with E-state index in [1.807, 2.05) is 72.8 Å². The Labute approximate surface area is 344 Å². The molecule has 0 radical (unpaired) electrons. The van der Waals surface area contributed by atoms with E-state index in [0.29, 0.717) is 66.6 Å². The Morgan fingerprint density at radius 2 is 1.78 bits per heavy atom. The van der Waals surface area contributed by atoms with Gasteiger partial charge in [-0.3, -0.25) is 19.1 Å². The van der Waals surface area contributed by atoms with Gasteiger partial charge in [-0.2, -0.15) is 0 Å². The molecule has 59 heavy (non-hydrogen) atoms. The lowest BCUT2D eigenvalue weighted by molar-refractivity contribution is -0.141. The Bertz CT molecular complexity index is 2280. The second-order valence-electron chi connectivity index (χ2n) is 16.2. The average molecular weight is 826 g/mol. The first kappa shape index (κ1) is 40.3. The number of nitrogens with zero attached hydrogens (tertiary/aromatic N) is 2. The number of ether oxygens (including phenoxy) is 3. The van der Waals surface area contributed by atoms with Crippen molar-refractivity contribution in [2.24, 2.45) is 5.92 Å². The molecule has 2 aliphatic carbocycles. The summed E-state index contributed by atoms with van der Waals surface area (Å²) in [5, 5.41) is 5.80. The van der Waals surface area contributed by atoms with E-state index in [1.54, 1.807) is 7.11 Å². The predicted molar refractivity (Wildman–Crippen MR) is 221 cm³/mol. The fraction of sp³-hybridized carbons (Fsp3) is 0.477. The van der Waals surface area contributed by atoms with E-state index in [4.69, 9.17) is 19.2 Å². The molecule has 4 heterocycles. The Kier molecular flexibility index (Phi) is 11.7. The van der Waals surface area contributed by atoms with E-state index in [2.05, 4.69) is 15.4 Å². The highest BCUT2D eigenvalue weighted by molar-refractivity contribution is 7.91. The van der Waals surface area contributed by atoms with Crippen LogP contribution in [0, 0.1) is 5.92 Å². The van der Waals surface area contributed by atoms with E-state index >= 15 is 0 Å². The van der Waals surface area contributed by atoms with Crippen LogP contribution < -0.4 is 24.8 Å². The van der Waals surface area contributed by atoms with Gasteiger partial charge in [0.2, 0.25) is 21.8 Å². The first-order valence-corrected chi connectivity index (χ1v) is 22.3. The highest BCUT2D eigenvalue weighted by Gasteiger charge is 2.62. The van der Waals surface area contributed by atoms with Crippen LogP contribution in [0.15, 0.2) is 66.8 Å². The van der Waals surface area contributed by atoms with E-state index in [1.165, 1.54) is 4.90 Å². The minimum Gasteiger partial charge on any atom is -0.496 e. The molecule has 14 nitrogen and oxygen atoms in total. The average Bonchev–Trinajstić information content (AvgIpc) is 4.15. The normalized spacial score (nSPS) is 27.9. The lowest BCUT2D eigenvalue weighted by Gasteiger charge is -2.29. The fourth-order valence-corrected chi connectivity index (χ4v) is 9.72. The topological polar surface area (TPSA) is 182 Å². The van der Waals surface area contributed by atoms with Crippen molar-refractivity contribution >= 4 is 50.8 Å². The molecule has 3 aliphatic heterocycles. The first-order valence-electron chi connectivity index (χ1n) is 20.7. The van der Waals surface area contributed by atoms with Crippen molar-refractivity contribution in [1.82, 2.24) is 25.2 Å². The van der Waals surface area contributed by atoms with Gasteiger partial charge >= 0.3 is 6.09 Å². The summed E-state index contributed by atoms with van der Waals surface area (Å²) < 4.78 is 46.3. The van der Waals surface area contributed by atoms with Crippen LogP contribution >= 0.6 is 0 Å². The fourth-order valence-electron chi connectivity index (χ4n) is 8.35. The summed E-state index contributed by atoms with van der Waals surface area (Å²) in [5.74, 6) is -1.18. The molecule has 3 N–H and O–H groups in total. The van der Waals surface area contributed by atoms with Crippen LogP contribution in [-0.4, -0.2) is 91.4 Å². The van der Waals surface area contributed by atoms with Gasteiger partial charge < -0.3 is 29.7 Å². The molecule has 3 aromatic rings. The third-order valence-corrected chi connectivity index (χ3v) is 13.7. The maximum absolute atomic E-state index is 14.7. The number of amides is 4. The molecule has 4 amide bonds. The number of carbonyl (C=O) groups excluding carboxylic acids is 4. The molecule has 2 saturated carbocycles. The number of sulfonamides is 1. The molecule has 5 atom stereocenters. The zero-order valence-corrected chi connectivity index (χ0v) is 34.0. The standard InChI is InChI=1S/C44H51N5O9S/c1-56-38-25-36-33-22-29(38)16-8-5-6-13-21-57-43(53)46-34-18-12-4-2-3-11-17-30-26-44(30,42(52)48-59(54,55)32-19-20-32)47-40(50)37-23-31(27-49(37)41(34)51)58-39(33)24-35(45-36)28-14-9-7-10-15-28/h7-11,14-17,22,24-25,30-32,34,37H,2-6,12-13,18-21,23,26-27H2,1H3,(H,46,53)(H,47,50)(H,48,52)/b16-8+,17-11-/t30-,31-,34+,37+,44-/m1/s1. The number of alkyl carbamates (subject to hydrolysis) is 1. The zero-order chi connectivity index (χ0) is 41.1. The Balaban J connectivity index is 1.18. The Morgan fingerprint density at radius 3 is 2.58 bits per heavy atom. The molecule has 15 heteroatoms. The van der Waals surface area contributed by atoms with E-state index < -0.39 is 68.7 Å². The zero-order valence-electron chi connectivity index (χ0n) is 33.2. The molecular formula is C44H51N5O9S. The van der Waals surface area contributed by atoms with E-state index in [0.717, 1.165) is 36.8 Å². The van der Waals surface area contributed by atoms with Crippen molar-refractivity contribution in [3.05, 3.63) is 72.3 Å². The van der Waals surface area contributed by atoms with Crippen LogP contribution in [0.1, 0.15) is 82.6 Å². The minimum absolute atomic E-state index is 0.00383. The highest BCUT2D eigenvalue weighted by atomic mass is 32.2. The smallest absolute Gasteiger partial charge is 0.407 e. The number of pyridine rings is 1. The summed E-state index contributed by atoms with van der Waals surface area (Å²) in [7, 11) is -2.30. The molecule has 0 unspecified atom stereocenters. The number of methoxy groups -OCH3 is 1. The molecule has 0 spiro atoms. The lowest BCUT2D eigenvalue weighted by Crippen LogP contribution is -2.58. The van der Waals surface area contributed by atoms with Gasteiger partial charge in [0.25, 0.3) is 5.91 Å². The number of nitrogens with one attached hydrogen (secondary N) is 3. The summed E-state index contributed by atoms with van der Waals surface area (Å²) in [5.41, 5.74) is 1.45. The second-order valence-corrected chi connectivity index (χ2v) is 18.2. The molecule has 3 fully saturated rings. The number of rotatable bonds is 5. The molecular weight excluding hydrogens is 775 g/mol. The minimum atomic E-state index is -3.90. The van der Waals surface area contributed by atoms with Gasteiger partial charge in [-0.15, -0.1) is 0 Å². The maximum Gasteiger partial charge on any atom is 0.407 e. The number of allylic oxidation sites excluding steroid dienone is 2. The molecule has 8 rings (SSSR count). The number of hydrogen-bond donors (Lipinski definition) is 3. The second kappa shape index (κ2) is 17.0. The van der Waals surface area contributed by atoms with Gasteiger partial charge in [0.15, 0.2) is 0 Å². The largest absolute Gasteiger partial charge is 0.496 e. The number of aromatic nitrogens is 1. The maximum atomic E-state index is 14.7. The van der Waals surface area contributed by atoms with Crippen LogP contribution in [0.4, 0.5) is 4.79 Å². The van der Waals surface area contributed by atoms with Gasteiger partial charge in [0.05, 0.1) is 36.7 Å². The van der Waals surface area contributed by atoms with Crippen LogP contribution in [0.3, 0.4) is 0 Å². The van der Waals surface area contributed by atoms with Gasteiger partial charge in [-0.1, -0.05) is 67.5 Å². The quantitative estimate of drug-likeness (QED) is 0.276. The van der Waals surface area contributed by atoms with Crippen LogP contribution in [0.5, 0.6) is 11.5 Å². The van der Waals surface area contributed by atoms with Crippen LogP contribution in [-0.2, 0) is 29.1 Å². The van der Waals surface area contributed by atoms with Crippen molar-refractivity contribution in [2.45, 2.75) is 106 Å². The van der Waals surface area contributed by atoms with Crippen molar-refractivity contribution < 1.29 is 41.8 Å². The van der Waals surface area contributed by atoms with Crippen LogP contribution in [0.2, 0.25) is 0 Å². The van der Waals surface area contributed by atoms with Gasteiger partial charge in [-0.05, 0) is 63.9 Å². The number of benzene rings is 2. The number of carbonyl (C=O) groups is 4. The molecule has 5 aliphatic rings. The molecule has 1 saturated heterocycles. The summed E-state index contributed by atoms with van der Waals surface area (Å²) in [6.45, 7) is 0.160. The Morgan fingerprint density at radius 1 is 0.983 bits per heavy atom. The van der Waals surface area contributed by atoms with Crippen molar-refractivity contribution in [3.63, 3.8) is 0 Å². The third-order valence-electron chi connectivity index (χ3n) is 11.9. The SMILES string of the molecule is COc1cc2nc(-c3ccccc3)cc3c2cc1/C=C/CCCCOC(=O)N[C@H]1CCCCC/C=C\[C@@H]2C[C@@]2(C(=O)NS(=O)(=O)C2CC2)NC(=O)[C@@H]2C[C@H](CN2C1=O)O3.